The Morgan fingerprint density at radius 3 is 2.80 bits per heavy atom. The summed E-state index contributed by atoms with van der Waals surface area (Å²) in [4.78, 5) is 8.37. The van der Waals surface area contributed by atoms with Gasteiger partial charge in [0.15, 0.2) is 0 Å². The van der Waals surface area contributed by atoms with E-state index in [1.54, 1.807) is 30.9 Å². The van der Waals surface area contributed by atoms with Gasteiger partial charge in [-0.3, -0.25) is 4.98 Å². The molecule has 3 rings (SSSR count). The maximum absolute atomic E-state index is 9.14. The second-order valence-electron chi connectivity index (χ2n) is 4.15. The zero-order chi connectivity index (χ0) is 13.9. The number of rotatable bonds is 2. The first kappa shape index (κ1) is 12.4. The van der Waals surface area contributed by atoms with Crippen LogP contribution in [0.25, 0.3) is 16.9 Å². The van der Waals surface area contributed by atoms with Crippen LogP contribution in [0.1, 0.15) is 5.56 Å². The van der Waals surface area contributed by atoms with Gasteiger partial charge in [0.1, 0.15) is 0 Å². The van der Waals surface area contributed by atoms with Gasteiger partial charge in [0.25, 0.3) is 0 Å². The Morgan fingerprint density at radius 1 is 1.25 bits per heavy atom. The smallest absolute Gasteiger partial charge is 0.0998 e. The van der Waals surface area contributed by atoms with Crippen molar-refractivity contribution < 1.29 is 0 Å². The largest absolute Gasteiger partial charge is 0.305 e. The summed E-state index contributed by atoms with van der Waals surface area (Å²) in [5.41, 5.74) is 2.72. The van der Waals surface area contributed by atoms with Crippen LogP contribution in [0, 0.1) is 11.3 Å². The molecular weight excluding hydrogens is 272 g/mol. The first-order chi connectivity index (χ1) is 9.79. The molecule has 0 fully saturated rings. The van der Waals surface area contributed by atoms with Crippen molar-refractivity contribution in [1.82, 2.24) is 14.5 Å². The van der Waals surface area contributed by atoms with E-state index in [-0.39, 0.29) is 0 Å². The molecule has 2 aromatic heterocycles. The van der Waals surface area contributed by atoms with Crippen molar-refractivity contribution in [2.24, 2.45) is 0 Å². The van der Waals surface area contributed by atoms with Crippen LogP contribution in [0.3, 0.4) is 0 Å². The molecule has 3 aromatic rings. The number of imidazole rings is 1. The average molecular weight is 281 g/mol. The van der Waals surface area contributed by atoms with Gasteiger partial charge in [-0.1, -0.05) is 29.8 Å². The summed E-state index contributed by atoms with van der Waals surface area (Å²) < 4.78 is 1.82. The third-order valence-electron chi connectivity index (χ3n) is 2.93. The van der Waals surface area contributed by atoms with Crippen LogP contribution in [0.15, 0.2) is 55.2 Å². The van der Waals surface area contributed by atoms with E-state index in [0.29, 0.717) is 16.3 Å². The minimum atomic E-state index is 0.499. The number of hydrogen-bond acceptors (Lipinski definition) is 3. The molecule has 0 aliphatic heterocycles. The lowest BCUT2D eigenvalue weighted by Gasteiger charge is -2.08. The van der Waals surface area contributed by atoms with Crippen LogP contribution in [0.2, 0.25) is 5.02 Å². The van der Waals surface area contributed by atoms with Crippen LogP contribution in [-0.2, 0) is 0 Å². The number of aromatic nitrogens is 3. The van der Waals surface area contributed by atoms with Gasteiger partial charge in [0.05, 0.1) is 40.6 Å². The van der Waals surface area contributed by atoms with Crippen molar-refractivity contribution in [1.29, 1.82) is 5.26 Å². The average Bonchev–Trinajstić information content (AvgIpc) is 3.01. The molecule has 0 saturated heterocycles. The predicted molar refractivity (Wildman–Crippen MR) is 76.5 cm³/mol. The van der Waals surface area contributed by atoms with E-state index in [0.717, 1.165) is 11.3 Å². The van der Waals surface area contributed by atoms with Crippen molar-refractivity contribution >= 4 is 11.6 Å². The van der Waals surface area contributed by atoms with Crippen LogP contribution >= 0.6 is 11.6 Å². The van der Waals surface area contributed by atoms with Crippen molar-refractivity contribution in [3.8, 4) is 23.0 Å². The van der Waals surface area contributed by atoms with Gasteiger partial charge in [0.2, 0.25) is 0 Å². The van der Waals surface area contributed by atoms with Crippen LogP contribution in [-0.4, -0.2) is 14.5 Å². The van der Waals surface area contributed by atoms with Gasteiger partial charge < -0.3 is 4.57 Å². The van der Waals surface area contributed by atoms with E-state index in [4.69, 9.17) is 16.9 Å². The quantitative estimate of drug-likeness (QED) is 0.722. The van der Waals surface area contributed by atoms with E-state index in [9.17, 15) is 0 Å². The second-order valence-corrected chi connectivity index (χ2v) is 4.56. The fourth-order valence-corrected chi connectivity index (χ4v) is 2.23. The molecule has 2 heterocycles. The number of pyridine rings is 1. The summed E-state index contributed by atoms with van der Waals surface area (Å²) in [6.45, 7) is 0. The van der Waals surface area contributed by atoms with Gasteiger partial charge in [-0.25, -0.2) is 4.98 Å². The monoisotopic (exact) mass is 280 g/mol. The molecule has 0 aliphatic rings. The topological polar surface area (TPSA) is 54.5 Å². The maximum atomic E-state index is 9.14. The first-order valence-electron chi connectivity index (χ1n) is 5.93. The molecule has 96 valence electrons. The van der Waals surface area contributed by atoms with Crippen LogP contribution < -0.4 is 0 Å². The number of benzene rings is 1. The molecule has 0 radical (unpaired) electrons. The Hall–Kier alpha value is -2.64. The molecule has 0 N–H and O–H groups in total. The molecule has 0 unspecified atom stereocenters. The second kappa shape index (κ2) is 5.16. The highest BCUT2D eigenvalue weighted by Crippen LogP contribution is 2.29. The van der Waals surface area contributed by atoms with Crippen LogP contribution in [0.4, 0.5) is 0 Å². The number of nitriles is 1. The normalized spacial score (nSPS) is 10.2. The van der Waals surface area contributed by atoms with E-state index in [1.165, 1.54) is 0 Å². The fourth-order valence-electron chi connectivity index (χ4n) is 1.97. The van der Waals surface area contributed by atoms with E-state index >= 15 is 0 Å². The van der Waals surface area contributed by atoms with Crippen molar-refractivity contribution in [3.05, 3.63) is 65.8 Å². The molecule has 20 heavy (non-hydrogen) atoms. The number of nitrogens with zero attached hydrogens (tertiary/aromatic N) is 4. The summed E-state index contributed by atoms with van der Waals surface area (Å²) in [7, 11) is 0. The molecule has 4 nitrogen and oxygen atoms in total. The maximum Gasteiger partial charge on any atom is 0.0998 e. The molecule has 0 atom stereocenters. The lowest BCUT2D eigenvalue weighted by molar-refractivity contribution is 1.04. The molecule has 1 aromatic carbocycles. The summed E-state index contributed by atoms with van der Waals surface area (Å²) in [5.74, 6) is 0. The molecule has 0 amide bonds. The van der Waals surface area contributed by atoms with Crippen molar-refractivity contribution in [2.75, 3.05) is 0 Å². The zero-order valence-electron chi connectivity index (χ0n) is 10.4. The van der Waals surface area contributed by atoms with E-state index < -0.39 is 0 Å². The minimum absolute atomic E-state index is 0.499. The summed E-state index contributed by atoms with van der Waals surface area (Å²) >= 11 is 6.30. The highest BCUT2D eigenvalue weighted by atomic mass is 35.5. The van der Waals surface area contributed by atoms with Gasteiger partial charge in [-0.05, 0) is 12.1 Å². The summed E-state index contributed by atoms with van der Waals surface area (Å²) in [6.07, 6.45) is 6.89. The fraction of sp³-hybridized carbons (Fsp3) is 0. The Morgan fingerprint density at radius 2 is 2.10 bits per heavy atom. The SMILES string of the molecule is N#Cc1ccccc1-c1ncc(-n2ccnc2)cc1Cl. The zero-order valence-corrected chi connectivity index (χ0v) is 11.1. The summed E-state index contributed by atoms with van der Waals surface area (Å²) in [5, 5.41) is 9.64. The number of halogens is 1. The molecule has 0 aliphatic carbocycles. The Kier molecular flexibility index (Phi) is 3.20. The Balaban J connectivity index is 2.11. The van der Waals surface area contributed by atoms with E-state index in [1.807, 2.05) is 29.0 Å². The molecule has 0 spiro atoms. The van der Waals surface area contributed by atoms with Crippen LogP contribution in [0.5, 0.6) is 0 Å². The van der Waals surface area contributed by atoms with Crippen molar-refractivity contribution in [3.63, 3.8) is 0 Å². The third-order valence-corrected chi connectivity index (χ3v) is 3.22. The predicted octanol–water partition coefficient (Wildman–Crippen LogP) is 3.46. The lowest BCUT2D eigenvalue weighted by Crippen LogP contribution is -1.94. The molecule has 0 saturated carbocycles. The van der Waals surface area contributed by atoms with Gasteiger partial charge in [-0.15, -0.1) is 0 Å². The number of hydrogen-bond donors (Lipinski definition) is 0. The Labute approximate surface area is 120 Å². The molecule has 5 heteroatoms. The lowest BCUT2D eigenvalue weighted by atomic mass is 10.0. The van der Waals surface area contributed by atoms with E-state index in [2.05, 4.69) is 16.0 Å². The Bertz CT molecular complexity index is 788. The van der Waals surface area contributed by atoms with Gasteiger partial charge >= 0.3 is 0 Å². The minimum Gasteiger partial charge on any atom is -0.305 e. The molecular formula is C15H9ClN4. The standard InChI is InChI=1S/C15H9ClN4/c16-14-7-12(20-6-5-18-10-20)9-19-15(14)13-4-2-1-3-11(13)8-17/h1-7,9-10H. The molecule has 0 bridgehead atoms. The third kappa shape index (κ3) is 2.15. The van der Waals surface area contributed by atoms with Crippen molar-refractivity contribution in [2.45, 2.75) is 0 Å². The first-order valence-corrected chi connectivity index (χ1v) is 6.31. The highest BCUT2D eigenvalue weighted by Gasteiger charge is 2.10. The van der Waals surface area contributed by atoms with Gasteiger partial charge in [0, 0.05) is 18.0 Å². The highest BCUT2D eigenvalue weighted by molar-refractivity contribution is 6.33. The van der Waals surface area contributed by atoms with Gasteiger partial charge in [-0.2, -0.15) is 5.26 Å². The summed E-state index contributed by atoms with van der Waals surface area (Å²) in [6, 6.07) is 11.2.